The average molecular weight is 442 g/mol. The van der Waals surface area contributed by atoms with Crippen LogP contribution in [0.25, 0.3) is 5.57 Å². The fourth-order valence-electron chi connectivity index (χ4n) is 4.35. The van der Waals surface area contributed by atoms with Crippen molar-refractivity contribution in [3.05, 3.63) is 64.5 Å². The lowest BCUT2D eigenvalue weighted by Gasteiger charge is -2.33. The summed E-state index contributed by atoms with van der Waals surface area (Å²) in [5.74, 6) is 1.30. The summed E-state index contributed by atoms with van der Waals surface area (Å²) >= 11 is 1.39. The Kier molecular flexibility index (Phi) is 6.89. The summed E-state index contributed by atoms with van der Waals surface area (Å²) < 4.78 is 29.2. The Bertz CT molecular complexity index is 982. The number of halogens is 2. The number of hydrogen-bond donors (Lipinski definition) is 1. The van der Waals surface area contributed by atoms with Gasteiger partial charge in [0.2, 0.25) is 0 Å². The lowest BCUT2D eigenvalue weighted by atomic mass is 9.83. The van der Waals surface area contributed by atoms with Gasteiger partial charge in [-0.2, -0.15) is 5.26 Å². The Morgan fingerprint density at radius 2 is 2.10 bits per heavy atom. The first-order chi connectivity index (χ1) is 15.1. The summed E-state index contributed by atoms with van der Waals surface area (Å²) in [5, 5.41) is 13.0. The predicted octanol–water partition coefficient (Wildman–Crippen LogP) is 4.56. The fraction of sp³-hybridized carbons (Fsp3) is 0.417. The minimum atomic E-state index is -2.61. The van der Waals surface area contributed by atoms with E-state index in [-0.39, 0.29) is 17.0 Å². The number of allylic oxidation sites excluding steroid dienone is 4. The molecule has 2 aliphatic heterocycles. The number of benzene rings is 1. The van der Waals surface area contributed by atoms with Gasteiger partial charge in [-0.25, -0.2) is 8.78 Å². The Hall–Kier alpha value is -2.43. The van der Waals surface area contributed by atoms with E-state index in [1.165, 1.54) is 24.1 Å². The SMILES string of the molecule is CC[SH+]N1CCC(NC2=CC(c3cc(C#N)cc(C(F)F)c3)=CC3CC=NC=C23)CC1. The molecule has 4 nitrogen and oxygen atoms in total. The summed E-state index contributed by atoms with van der Waals surface area (Å²) in [7, 11) is 0. The number of nitrogens with one attached hydrogen (secondary N) is 1. The third-order valence-corrected chi connectivity index (χ3v) is 6.99. The molecule has 31 heavy (non-hydrogen) atoms. The molecule has 0 bridgehead atoms. The molecule has 0 amide bonds. The average Bonchev–Trinajstić information content (AvgIpc) is 2.80. The summed E-state index contributed by atoms with van der Waals surface area (Å²) in [4.78, 5) is 4.35. The molecule has 3 aliphatic rings. The number of nitrogens with zero attached hydrogens (tertiary/aromatic N) is 3. The van der Waals surface area contributed by atoms with Crippen molar-refractivity contribution in [2.75, 3.05) is 18.8 Å². The molecule has 1 N–H and O–H groups in total. The molecular weight excluding hydrogens is 414 g/mol. The van der Waals surface area contributed by atoms with Crippen LogP contribution in [0.15, 0.2) is 52.8 Å². The predicted molar refractivity (Wildman–Crippen MR) is 124 cm³/mol. The third kappa shape index (κ3) is 5.08. The van der Waals surface area contributed by atoms with Crippen LogP contribution >= 0.6 is 0 Å². The highest BCUT2D eigenvalue weighted by atomic mass is 32.2. The molecular formula is C24H27F2N4S+. The van der Waals surface area contributed by atoms with Gasteiger partial charge in [-0.1, -0.05) is 6.08 Å². The van der Waals surface area contributed by atoms with Crippen LogP contribution in [-0.2, 0) is 11.9 Å². The van der Waals surface area contributed by atoms with Gasteiger partial charge in [0.15, 0.2) is 0 Å². The molecule has 1 aromatic carbocycles. The summed E-state index contributed by atoms with van der Waals surface area (Å²) in [6.07, 6.45) is 8.26. The van der Waals surface area contributed by atoms with E-state index >= 15 is 0 Å². The molecule has 4 rings (SSSR count). The van der Waals surface area contributed by atoms with Crippen LogP contribution in [0.1, 0.15) is 49.3 Å². The van der Waals surface area contributed by atoms with Gasteiger partial charge in [0.1, 0.15) is 5.75 Å². The summed E-state index contributed by atoms with van der Waals surface area (Å²) in [6.45, 7) is 4.35. The van der Waals surface area contributed by atoms with Gasteiger partial charge in [0, 0.05) is 54.3 Å². The second kappa shape index (κ2) is 9.80. The summed E-state index contributed by atoms with van der Waals surface area (Å²) in [5.41, 5.74) is 3.84. The van der Waals surface area contributed by atoms with E-state index in [0.717, 1.165) is 54.9 Å². The van der Waals surface area contributed by atoms with Crippen molar-refractivity contribution in [1.82, 2.24) is 9.62 Å². The van der Waals surface area contributed by atoms with Crippen LogP contribution in [0.5, 0.6) is 0 Å². The van der Waals surface area contributed by atoms with Crippen molar-refractivity contribution >= 4 is 23.7 Å². The molecule has 0 radical (unpaired) electrons. The Labute approximate surface area is 186 Å². The maximum atomic E-state index is 13.4. The maximum Gasteiger partial charge on any atom is 0.263 e. The second-order valence-corrected chi connectivity index (χ2v) is 9.51. The molecule has 1 aliphatic carbocycles. The van der Waals surface area contributed by atoms with Crippen LogP contribution in [0, 0.1) is 17.2 Å². The van der Waals surface area contributed by atoms with E-state index < -0.39 is 6.43 Å². The van der Waals surface area contributed by atoms with E-state index in [4.69, 9.17) is 0 Å². The highest BCUT2D eigenvalue weighted by molar-refractivity contribution is 7.76. The number of hydrogen-bond acceptors (Lipinski definition) is 4. The van der Waals surface area contributed by atoms with Crippen LogP contribution in [0.4, 0.5) is 8.78 Å². The van der Waals surface area contributed by atoms with Crippen molar-refractivity contribution in [1.29, 1.82) is 5.26 Å². The highest BCUT2D eigenvalue weighted by Gasteiger charge is 2.28. The monoisotopic (exact) mass is 441 g/mol. The topological polar surface area (TPSA) is 51.4 Å². The lowest BCUT2D eigenvalue weighted by Crippen LogP contribution is -2.42. The molecule has 2 heterocycles. The molecule has 1 aromatic rings. The molecule has 1 saturated heterocycles. The first-order valence-electron chi connectivity index (χ1n) is 10.8. The van der Waals surface area contributed by atoms with Crippen molar-refractivity contribution in [2.24, 2.45) is 10.9 Å². The van der Waals surface area contributed by atoms with Crippen LogP contribution in [0.3, 0.4) is 0 Å². The van der Waals surface area contributed by atoms with E-state index in [1.54, 1.807) is 6.07 Å². The molecule has 0 spiro atoms. The minimum Gasteiger partial charge on any atom is -0.382 e. The van der Waals surface area contributed by atoms with Gasteiger partial charge in [-0.15, -0.1) is 4.31 Å². The fourth-order valence-corrected chi connectivity index (χ4v) is 5.26. The number of piperidine rings is 1. The molecule has 1 fully saturated rings. The van der Waals surface area contributed by atoms with E-state index in [2.05, 4.69) is 27.6 Å². The van der Waals surface area contributed by atoms with Crippen molar-refractivity contribution in [2.45, 2.75) is 38.7 Å². The number of alkyl halides is 2. The Morgan fingerprint density at radius 3 is 2.81 bits per heavy atom. The first kappa shape index (κ1) is 21.8. The van der Waals surface area contributed by atoms with Crippen molar-refractivity contribution in [3.8, 4) is 6.07 Å². The van der Waals surface area contributed by atoms with Gasteiger partial charge in [0.25, 0.3) is 6.43 Å². The van der Waals surface area contributed by atoms with Crippen LogP contribution < -0.4 is 5.32 Å². The van der Waals surface area contributed by atoms with Crippen molar-refractivity contribution < 1.29 is 8.78 Å². The standard InChI is InChI=1S/C24H26F2N4S/c1-2-31-30-7-4-21(5-8-30)29-23-13-19(11-17-3-6-28-15-22(17)23)18-9-16(14-27)10-20(12-18)24(25)26/h6,9-13,15,17,21,24,29H,2-5,7-8H2,1H3/p+1. The van der Waals surface area contributed by atoms with Gasteiger partial charge in [0.05, 0.1) is 23.6 Å². The number of aliphatic imine (C=N–C) groups is 1. The van der Waals surface area contributed by atoms with Gasteiger partial charge < -0.3 is 5.32 Å². The van der Waals surface area contributed by atoms with E-state index in [0.29, 0.717) is 11.6 Å². The molecule has 162 valence electrons. The molecule has 0 aromatic heterocycles. The zero-order valence-corrected chi connectivity index (χ0v) is 18.5. The second-order valence-electron chi connectivity index (χ2n) is 8.02. The smallest absolute Gasteiger partial charge is 0.263 e. The zero-order chi connectivity index (χ0) is 21.8. The van der Waals surface area contributed by atoms with Gasteiger partial charge >= 0.3 is 0 Å². The normalized spacial score (nSPS) is 21.8. The zero-order valence-electron chi connectivity index (χ0n) is 17.6. The number of nitriles is 1. The molecule has 7 heteroatoms. The number of fused-ring (bicyclic) bond motifs is 1. The number of rotatable bonds is 6. The first-order valence-corrected chi connectivity index (χ1v) is 11.8. The quantitative estimate of drug-likeness (QED) is 0.520. The maximum absolute atomic E-state index is 13.4. The Balaban J connectivity index is 1.61. The van der Waals surface area contributed by atoms with Crippen molar-refractivity contribution in [3.63, 3.8) is 0 Å². The van der Waals surface area contributed by atoms with Crippen LogP contribution in [-0.4, -0.2) is 35.4 Å². The molecule has 1 unspecified atom stereocenters. The molecule has 1 atom stereocenters. The van der Waals surface area contributed by atoms with Crippen LogP contribution in [0.2, 0.25) is 0 Å². The minimum absolute atomic E-state index is 0.119. The van der Waals surface area contributed by atoms with Gasteiger partial charge in [-0.05, 0) is 61.6 Å². The van der Waals surface area contributed by atoms with Gasteiger partial charge in [-0.3, -0.25) is 4.99 Å². The van der Waals surface area contributed by atoms with E-state index in [1.807, 2.05) is 24.6 Å². The molecule has 0 saturated carbocycles. The number of thiol groups is 1. The Morgan fingerprint density at radius 1 is 1.29 bits per heavy atom. The van der Waals surface area contributed by atoms with E-state index in [9.17, 15) is 14.0 Å². The lowest BCUT2D eigenvalue weighted by molar-refractivity contribution is 0.151. The third-order valence-electron chi connectivity index (χ3n) is 5.91. The highest BCUT2D eigenvalue weighted by Crippen LogP contribution is 2.36. The summed E-state index contributed by atoms with van der Waals surface area (Å²) in [6, 6.07) is 6.85. The largest absolute Gasteiger partial charge is 0.382 e.